The van der Waals surface area contributed by atoms with E-state index >= 15 is 0 Å². The molecule has 27 nitrogen and oxygen atoms in total. The number of alkyl halides is 3. The van der Waals surface area contributed by atoms with Crippen molar-refractivity contribution in [3.8, 4) is 5.75 Å². The molecule has 0 aliphatic carbocycles. The highest BCUT2D eigenvalue weighted by molar-refractivity contribution is 5.99. The normalized spacial score (nSPS) is 16.5. The molecule has 1 aromatic carbocycles. The molecule has 0 saturated heterocycles. The molecule has 0 heterocycles. The molecule has 0 spiro atoms. The number of halogens is 3. The predicted molar refractivity (Wildman–Crippen MR) is 218 cm³/mol. The van der Waals surface area contributed by atoms with E-state index in [9.17, 15) is 92.1 Å². The van der Waals surface area contributed by atoms with Gasteiger partial charge in [0.05, 0.1) is 43.5 Å². The summed E-state index contributed by atoms with van der Waals surface area (Å²) in [5, 5.41) is 91.6. The van der Waals surface area contributed by atoms with Gasteiger partial charge in [-0.25, -0.2) is 9.59 Å². The maximum Gasteiger partial charge on any atom is 0.490 e. The zero-order chi connectivity index (χ0) is 52.3. The van der Waals surface area contributed by atoms with Crippen LogP contribution < -0.4 is 48.7 Å². The van der Waals surface area contributed by atoms with Crippen LogP contribution in [0, 0.1) is 0 Å². The number of aliphatic hydroxyl groups excluding tert-OH is 5. The number of aliphatic carboxylic acids is 2. The van der Waals surface area contributed by atoms with E-state index in [0.717, 1.165) is 27.7 Å². The SMILES string of the molecule is CC(O)[C@H](NC(=O)[C@@H](NC(=O)[C@@H](NC(=O)[C@H](CO)NC(=O)[C@H](C)N)[C@@H](C)O)[C@@H](C)O)C(=O)N[C@@H](CC(N)=O)C(=O)N[C@@H](Cc1ccc(O)cc1)C(=O)N[C@H](C(=O)O)[C@@H](C)O.O=C(O)C(F)(F)F. The summed E-state index contributed by atoms with van der Waals surface area (Å²) < 4.78 is 31.7. The molecule has 67 heavy (non-hydrogen) atoms. The van der Waals surface area contributed by atoms with Gasteiger partial charge in [0.1, 0.15) is 42.0 Å². The number of carboxylic acids is 2. The maximum atomic E-state index is 13.6. The molecule has 30 heteroatoms. The first-order valence-corrected chi connectivity index (χ1v) is 19.6. The third kappa shape index (κ3) is 21.4. The largest absolute Gasteiger partial charge is 0.508 e. The van der Waals surface area contributed by atoms with Crippen molar-refractivity contribution in [2.45, 2.75) is 126 Å². The van der Waals surface area contributed by atoms with Crippen molar-refractivity contribution in [2.24, 2.45) is 11.5 Å². The Balaban J connectivity index is 0.00000572. The van der Waals surface area contributed by atoms with Gasteiger partial charge in [-0.15, -0.1) is 0 Å². The number of amides is 8. The number of primary amides is 1. The monoisotopic (exact) mass is 971 g/mol. The fourth-order valence-electron chi connectivity index (χ4n) is 5.12. The van der Waals surface area contributed by atoms with Crippen molar-refractivity contribution >= 4 is 59.2 Å². The number of phenols is 1. The van der Waals surface area contributed by atoms with Crippen molar-refractivity contribution < 1.29 is 102 Å². The molecule has 0 aromatic heterocycles. The lowest BCUT2D eigenvalue weighted by atomic mass is 10.0. The summed E-state index contributed by atoms with van der Waals surface area (Å²) in [4.78, 5) is 124. The number of carbonyl (C=O) groups excluding carboxylic acids is 8. The predicted octanol–water partition coefficient (Wildman–Crippen LogP) is -7.22. The molecule has 1 rings (SSSR count). The molecule has 0 radical (unpaired) electrons. The summed E-state index contributed by atoms with van der Waals surface area (Å²) in [6.45, 7) is 4.53. The molecule has 12 atom stereocenters. The van der Waals surface area contributed by atoms with Gasteiger partial charge in [-0.1, -0.05) is 12.1 Å². The van der Waals surface area contributed by atoms with E-state index in [-0.39, 0.29) is 12.2 Å². The minimum absolute atomic E-state index is 0.152. The van der Waals surface area contributed by atoms with Gasteiger partial charge in [0.15, 0.2) is 6.04 Å². The zero-order valence-electron chi connectivity index (χ0n) is 36.3. The first-order valence-electron chi connectivity index (χ1n) is 19.6. The number of hydrogen-bond donors (Lipinski definition) is 17. The Morgan fingerprint density at radius 1 is 0.552 bits per heavy atom. The number of benzene rings is 1. The summed E-state index contributed by atoms with van der Waals surface area (Å²) in [7, 11) is 0. The number of phenolic OH excluding ortho intramolecular Hbond substituents is 1. The Labute approximate surface area is 378 Å². The first kappa shape index (κ1) is 60.3. The minimum atomic E-state index is -5.08. The van der Waals surface area contributed by atoms with Crippen LogP contribution in [0.15, 0.2) is 24.3 Å². The van der Waals surface area contributed by atoms with Gasteiger partial charge >= 0.3 is 18.1 Å². The molecule has 378 valence electrons. The van der Waals surface area contributed by atoms with E-state index in [1.54, 1.807) is 0 Å². The third-order valence-electron chi connectivity index (χ3n) is 8.75. The second kappa shape index (κ2) is 27.7. The molecule has 1 aromatic rings. The molecule has 0 fully saturated rings. The number of aromatic hydroxyl groups is 1. The Bertz CT molecular complexity index is 1900. The number of carboxylic acid groups (broad SMARTS) is 2. The fourth-order valence-corrected chi connectivity index (χ4v) is 5.12. The van der Waals surface area contributed by atoms with Crippen LogP contribution in [0.4, 0.5) is 13.2 Å². The number of nitrogens with two attached hydrogens (primary N) is 2. The van der Waals surface area contributed by atoms with E-state index in [2.05, 4.69) is 37.2 Å². The molecule has 0 aliphatic rings. The molecule has 0 aliphatic heterocycles. The maximum absolute atomic E-state index is 13.6. The van der Waals surface area contributed by atoms with Crippen molar-refractivity contribution in [1.82, 2.24) is 37.2 Å². The summed E-state index contributed by atoms with van der Waals surface area (Å²) in [5.41, 5.74) is 11.1. The van der Waals surface area contributed by atoms with E-state index in [0.29, 0.717) is 5.56 Å². The highest BCUT2D eigenvalue weighted by atomic mass is 19.4. The van der Waals surface area contributed by atoms with Crippen LogP contribution in [-0.2, 0) is 54.4 Å². The van der Waals surface area contributed by atoms with Crippen LogP contribution in [0.25, 0.3) is 0 Å². The van der Waals surface area contributed by atoms with E-state index in [4.69, 9.17) is 21.4 Å². The van der Waals surface area contributed by atoms with Gasteiger partial charge in [-0.3, -0.25) is 38.4 Å². The van der Waals surface area contributed by atoms with Gasteiger partial charge < -0.3 is 89.5 Å². The number of hydrogen-bond acceptors (Lipinski definition) is 17. The second-order valence-corrected chi connectivity index (χ2v) is 14.7. The fraction of sp³-hybridized carbons (Fsp3) is 0.568. The molecular weight excluding hydrogens is 915 g/mol. The Kier molecular flexibility index (Phi) is 24.9. The van der Waals surface area contributed by atoms with Crippen LogP contribution in [0.2, 0.25) is 0 Å². The average molecular weight is 972 g/mol. The quantitative estimate of drug-likeness (QED) is 0.0458. The lowest BCUT2D eigenvalue weighted by Crippen LogP contribution is -2.64. The molecule has 19 N–H and O–H groups in total. The van der Waals surface area contributed by atoms with Gasteiger partial charge in [-0.2, -0.15) is 13.2 Å². The van der Waals surface area contributed by atoms with Gasteiger partial charge in [0.25, 0.3) is 0 Å². The Hall–Kier alpha value is -6.73. The van der Waals surface area contributed by atoms with E-state index < -0.39 is 151 Å². The van der Waals surface area contributed by atoms with Crippen molar-refractivity contribution in [3.05, 3.63) is 29.8 Å². The van der Waals surface area contributed by atoms with Gasteiger partial charge in [-0.05, 0) is 52.3 Å². The minimum Gasteiger partial charge on any atom is -0.508 e. The highest BCUT2D eigenvalue weighted by Gasteiger charge is 2.39. The number of carbonyl (C=O) groups is 10. The summed E-state index contributed by atoms with van der Waals surface area (Å²) in [6, 6.07) is -8.69. The van der Waals surface area contributed by atoms with E-state index in [1.165, 1.54) is 31.2 Å². The van der Waals surface area contributed by atoms with Crippen molar-refractivity contribution in [2.75, 3.05) is 6.61 Å². The zero-order valence-corrected chi connectivity index (χ0v) is 36.3. The average Bonchev–Trinajstić information content (AvgIpc) is 3.20. The van der Waals surface area contributed by atoms with Gasteiger partial charge in [0, 0.05) is 6.42 Å². The smallest absolute Gasteiger partial charge is 0.490 e. The lowest BCUT2D eigenvalue weighted by Gasteiger charge is -2.29. The Morgan fingerprint density at radius 2 is 0.881 bits per heavy atom. The van der Waals surface area contributed by atoms with Crippen LogP contribution in [0.5, 0.6) is 5.75 Å². The second-order valence-electron chi connectivity index (χ2n) is 14.7. The number of rotatable bonds is 24. The first-order chi connectivity index (χ1) is 30.7. The van der Waals surface area contributed by atoms with Crippen molar-refractivity contribution in [1.29, 1.82) is 0 Å². The number of nitrogens with one attached hydrogen (secondary N) is 7. The lowest BCUT2D eigenvalue weighted by molar-refractivity contribution is -0.192. The van der Waals surface area contributed by atoms with Crippen LogP contribution in [0.1, 0.15) is 46.6 Å². The topological polar surface area (TPSA) is 469 Å². The Morgan fingerprint density at radius 3 is 1.22 bits per heavy atom. The van der Waals surface area contributed by atoms with Crippen LogP contribution >= 0.6 is 0 Å². The summed E-state index contributed by atoms with van der Waals surface area (Å²) >= 11 is 0. The molecular formula is C37H56F3N9O18. The molecule has 1 unspecified atom stereocenters. The van der Waals surface area contributed by atoms with Crippen LogP contribution in [-0.4, -0.2) is 186 Å². The number of aliphatic hydroxyl groups is 5. The highest BCUT2D eigenvalue weighted by Crippen LogP contribution is 2.14. The van der Waals surface area contributed by atoms with Gasteiger partial charge in [0.2, 0.25) is 47.3 Å². The molecule has 0 saturated carbocycles. The standard InChI is InChI=1S/C35H55N9O16.C2HF3O2/c1-13(36)28(52)40-22(12-45)31(55)41-25(15(3)47)33(57)43-26(16(4)48)34(58)42-24(14(2)46)32(56)39-21(11-23(37)51)29(53)38-20(10-18-6-8-19(50)9-7-18)30(54)44-27(17(5)49)35(59)60;3-2(4,5)1(6)7/h6-9,13-17,20-22,24-27,45-50H,10-12,36H2,1-5H3,(H2,37,51)(H,38,53)(H,39,56)(H,40,52)(H,41,55)(H,42,58)(H,43,57)(H,44,54)(H,59,60);(H,6,7)/t13-,14?,15+,16+,17+,20-,21-,22-,24-,25-,26-,27-;/m0./s1. The third-order valence-corrected chi connectivity index (χ3v) is 8.75. The van der Waals surface area contributed by atoms with Crippen LogP contribution in [0.3, 0.4) is 0 Å². The summed E-state index contributed by atoms with van der Waals surface area (Å²) in [5.74, 6) is -14.0. The van der Waals surface area contributed by atoms with Crippen molar-refractivity contribution in [3.63, 3.8) is 0 Å². The van der Waals surface area contributed by atoms with E-state index in [1.807, 2.05) is 0 Å². The molecule has 0 bridgehead atoms. The molecule has 8 amide bonds. The summed E-state index contributed by atoms with van der Waals surface area (Å²) in [6.07, 6.45) is -13.2.